The van der Waals surface area contributed by atoms with E-state index in [0.717, 1.165) is 10.7 Å². The van der Waals surface area contributed by atoms with E-state index in [2.05, 4.69) is 26.5 Å². The normalized spacial score (nSPS) is 9.29. The van der Waals surface area contributed by atoms with Crippen molar-refractivity contribution in [1.82, 2.24) is 9.97 Å². The third kappa shape index (κ3) is 5.36. The molecule has 0 saturated heterocycles. The van der Waals surface area contributed by atoms with E-state index in [1.807, 2.05) is 6.26 Å². The van der Waals surface area contributed by atoms with E-state index < -0.39 is 0 Å². The lowest BCUT2D eigenvalue weighted by atomic mass is 10.2. The number of hydrogen-bond donors (Lipinski definition) is 0. The SMILES string of the molecule is COC(=O)CCCC#Cc1cnc(SC)nc1. The van der Waals surface area contributed by atoms with Crippen molar-refractivity contribution in [2.45, 2.75) is 24.4 Å². The van der Waals surface area contributed by atoms with E-state index in [0.29, 0.717) is 19.3 Å². The van der Waals surface area contributed by atoms with Crippen molar-refractivity contribution in [2.24, 2.45) is 0 Å². The van der Waals surface area contributed by atoms with Gasteiger partial charge in [-0.15, -0.1) is 0 Å². The second-order valence-corrected chi connectivity index (χ2v) is 3.96. The molecule has 0 N–H and O–H groups in total. The summed E-state index contributed by atoms with van der Waals surface area (Å²) in [4.78, 5) is 19.0. The molecule has 1 heterocycles. The Morgan fingerprint density at radius 2 is 2.18 bits per heavy atom. The maximum Gasteiger partial charge on any atom is 0.305 e. The molecule has 0 unspecified atom stereocenters. The van der Waals surface area contributed by atoms with Gasteiger partial charge in [0, 0.05) is 25.2 Å². The predicted octanol–water partition coefficient (Wildman–Crippen LogP) is 1.89. The minimum absolute atomic E-state index is 0.195. The van der Waals surface area contributed by atoms with Gasteiger partial charge in [-0.2, -0.15) is 0 Å². The van der Waals surface area contributed by atoms with Crippen molar-refractivity contribution in [3.63, 3.8) is 0 Å². The van der Waals surface area contributed by atoms with Gasteiger partial charge in [0.05, 0.1) is 12.7 Å². The summed E-state index contributed by atoms with van der Waals surface area (Å²) in [5, 5.41) is 0.737. The van der Waals surface area contributed by atoms with Crippen molar-refractivity contribution >= 4 is 17.7 Å². The summed E-state index contributed by atoms with van der Waals surface area (Å²) in [6, 6.07) is 0. The third-order valence-electron chi connectivity index (χ3n) is 1.95. The fourth-order valence-electron chi connectivity index (χ4n) is 1.07. The molecule has 0 aliphatic carbocycles. The maximum absolute atomic E-state index is 10.8. The molecule has 0 aromatic carbocycles. The lowest BCUT2D eigenvalue weighted by Gasteiger charge is -1.94. The molecule has 0 spiro atoms. The van der Waals surface area contributed by atoms with Gasteiger partial charge in [0.15, 0.2) is 5.16 Å². The first-order valence-corrected chi connectivity index (χ1v) is 6.40. The summed E-state index contributed by atoms with van der Waals surface area (Å²) < 4.78 is 4.53. The van der Waals surface area contributed by atoms with Gasteiger partial charge in [-0.3, -0.25) is 4.79 Å². The van der Waals surface area contributed by atoms with E-state index in [9.17, 15) is 4.79 Å². The van der Waals surface area contributed by atoms with E-state index in [1.165, 1.54) is 18.9 Å². The standard InChI is InChI=1S/C12H14N2O2S/c1-16-11(15)7-5-3-4-6-10-8-13-12(17-2)14-9-10/h8-9H,3,5,7H2,1-2H3. The van der Waals surface area contributed by atoms with Crippen LogP contribution in [0.1, 0.15) is 24.8 Å². The molecule has 5 heteroatoms. The van der Waals surface area contributed by atoms with Crippen molar-refractivity contribution in [3.05, 3.63) is 18.0 Å². The van der Waals surface area contributed by atoms with Crippen LogP contribution in [0.15, 0.2) is 17.6 Å². The number of carbonyl (C=O) groups excluding carboxylic acids is 1. The molecule has 0 atom stereocenters. The monoisotopic (exact) mass is 250 g/mol. The van der Waals surface area contributed by atoms with Gasteiger partial charge in [0.2, 0.25) is 0 Å². The van der Waals surface area contributed by atoms with Gasteiger partial charge >= 0.3 is 5.97 Å². The third-order valence-corrected chi connectivity index (χ3v) is 2.53. The van der Waals surface area contributed by atoms with Gasteiger partial charge in [-0.05, 0) is 12.7 Å². The first-order valence-electron chi connectivity index (χ1n) is 5.18. The number of carbonyl (C=O) groups is 1. The van der Waals surface area contributed by atoms with Crippen molar-refractivity contribution in [2.75, 3.05) is 13.4 Å². The number of aromatic nitrogens is 2. The van der Waals surface area contributed by atoms with Crippen LogP contribution < -0.4 is 0 Å². The van der Waals surface area contributed by atoms with Crippen LogP contribution in [0.25, 0.3) is 0 Å². The molecule has 4 nitrogen and oxygen atoms in total. The molecule has 0 fully saturated rings. The first-order chi connectivity index (χ1) is 8.26. The maximum atomic E-state index is 10.8. The van der Waals surface area contributed by atoms with E-state index in [4.69, 9.17) is 0 Å². The quantitative estimate of drug-likeness (QED) is 0.268. The second-order valence-electron chi connectivity index (χ2n) is 3.19. The highest BCUT2D eigenvalue weighted by Gasteiger charge is 1.97. The topological polar surface area (TPSA) is 52.1 Å². The summed E-state index contributed by atoms with van der Waals surface area (Å²) in [6.45, 7) is 0. The molecule has 1 aromatic rings. The molecule has 0 amide bonds. The molecule has 0 aliphatic rings. The minimum Gasteiger partial charge on any atom is -0.469 e. The Hall–Kier alpha value is -1.54. The molecule has 1 rings (SSSR count). The Labute approximate surface area is 105 Å². The van der Waals surface area contributed by atoms with Gasteiger partial charge in [0.25, 0.3) is 0 Å². The summed E-state index contributed by atoms with van der Waals surface area (Å²) in [5.41, 5.74) is 0.792. The van der Waals surface area contributed by atoms with Crippen LogP contribution in [0.3, 0.4) is 0 Å². The Morgan fingerprint density at radius 1 is 1.47 bits per heavy atom. The zero-order valence-electron chi connectivity index (χ0n) is 9.90. The van der Waals surface area contributed by atoms with E-state index >= 15 is 0 Å². The predicted molar refractivity (Wildman–Crippen MR) is 66.6 cm³/mol. The fourth-order valence-corrected chi connectivity index (χ4v) is 1.39. The summed E-state index contributed by atoms with van der Waals surface area (Å²) in [5.74, 6) is 5.73. The number of esters is 1. The molecule has 90 valence electrons. The van der Waals surface area contributed by atoms with Crippen LogP contribution >= 0.6 is 11.8 Å². The number of methoxy groups -OCH3 is 1. The summed E-state index contributed by atoms with van der Waals surface area (Å²) in [6.07, 6.45) is 7.11. The first kappa shape index (κ1) is 13.5. The van der Waals surface area contributed by atoms with Crippen LogP contribution in [-0.2, 0) is 9.53 Å². The van der Waals surface area contributed by atoms with Crippen LogP contribution in [0.5, 0.6) is 0 Å². The van der Waals surface area contributed by atoms with Crippen LogP contribution in [0.2, 0.25) is 0 Å². The molecular formula is C12H14N2O2S. The molecular weight excluding hydrogens is 236 g/mol. The van der Waals surface area contributed by atoms with Gasteiger partial charge in [-0.1, -0.05) is 23.6 Å². The van der Waals surface area contributed by atoms with Crippen molar-refractivity contribution < 1.29 is 9.53 Å². The number of thioether (sulfide) groups is 1. The highest BCUT2D eigenvalue weighted by Crippen LogP contribution is 2.06. The Balaban J connectivity index is 2.35. The second kappa shape index (κ2) is 7.69. The highest BCUT2D eigenvalue weighted by molar-refractivity contribution is 7.98. The van der Waals surface area contributed by atoms with Crippen LogP contribution in [0.4, 0.5) is 0 Å². The number of hydrogen-bond acceptors (Lipinski definition) is 5. The number of unbranched alkanes of at least 4 members (excludes halogenated alkanes) is 1. The van der Waals surface area contributed by atoms with Crippen molar-refractivity contribution in [1.29, 1.82) is 0 Å². The van der Waals surface area contributed by atoms with Crippen LogP contribution in [0, 0.1) is 11.8 Å². The zero-order chi connectivity index (χ0) is 12.5. The van der Waals surface area contributed by atoms with Crippen LogP contribution in [-0.4, -0.2) is 29.3 Å². The van der Waals surface area contributed by atoms with E-state index in [1.54, 1.807) is 12.4 Å². The number of ether oxygens (including phenoxy) is 1. The Morgan fingerprint density at radius 3 is 2.76 bits per heavy atom. The average Bonchev–Trinajstić information content (AvgIpc) is 2.38. The summed E-state index contributed by atoms with van der Waals surface area (Å²) >= 11 is 1.49. The Kier molecular flexibility index (Phi) is 6.12. The van der Waals surface area contributed by atoms with E-state index in [-0.39, 0.29) is 5.97 Å². The van der Waals surface area contributed by atoms with Crippen molar-refractivity contribution in [3.8, 4) is 11.8 Å². The highest BCUT2D eigenvalue weighted by atomic mass is 32.2. The smallest absolute Gasteiger partial charge is 0.305 e. The molecule has 0 saturated carbocycles. The zero-order valence-corrected chi connectivity index (χ0v) is 10.7. The van der Waals surface area contributed by atoms with Gasteiger partial charge in [-0.25, -0.2) is 9.97 Å². The molecule has 0 aliphatic heterocycles. The lowest BCUT2D eigenvalue weighted by molar-refractivity contribution is -0.140. The molecule has 0 bridgehead atoms. The summed E-state index contributed by atoms with van der Waals surface area (Å²) in [7, 11) is 1.39. The van der Waals surface area contributed by atoms with Gasteiger partial charge in [0.1, 0.15) is 0 Å². The Bertz CT molecular complexity index is 420. The number of rotatable bonds is 4. The number of nitrogens with zero attached hydrogens (tertiary/aromatic N) is 2. The largest absolute Gasteiger partial charge is 0.469 e. The molecule has 17 heavy (non-hydrogen) atoms. The minimum atomic E-state index is -0.195. The molecule has 0 radical (unpaired) electrons. The lowest BCUT2D eigenvalue weighted by Crippen LogP contribution is -1.98. The molecule has 1 aromatic heterocycles. The average molecular weight is 250 g/mol. The fraction of sp³-hybridized carbons (Fsp3) is 0.417. The van der Waals surface area contributed by atoms with Gasteiger partial charge < -0.3 is 4.74 Å².